The van der Waals surface area contributed by atoms with E-state index in [4.69, 9.17) is 4.74 Å². The molecule has 0 radical (unpaired) electrons. The Bertz CT molecular complexity index is 942. The summed E-state index contributed by atoms with van der Waals surface area (Å²) in [6.07, 6.45) is 0. The molecule has 0 bridgehead atoms. The molecule has 0 saturated carbocycles. The molecule has 2 aromatic carbocycles. The van der Waals surface area contributed by atoms with Gasteiger partial charge in [-0.15, -0.1) is 0 Å². The van der Waals surface area contributed by atoms with E-state index in [1.807, 2.05) is 23.5 Å². The zero-order valence-electron chi connectivity index (χ0n) is 14.2. The molecule has 0 aliphatic carbocycles. The molecule has 122 valence electrons. The Hall–Kier alpha value is -2.33. The number of aromatic nitrogens is 1. The summed E-state index contributed by atoms with van der Waals surface area (Å²) in [5.41, 5.74) is 3.63. The Balaban J connectivity index is 1.90. The third kappa shape index (κ3) is 2.21. The molecule has 0 saturated heterocycles. The largest absolute Gasteiger partial charge is 0.438 e. The number of hydrogen-bond acceptors (Lipinski definition) is 3. The summed E-state index contributed by atoms with van der Waals surface area (Å²) in [5.74, 6) is 1.89. The molecule has 0 unspecified atom stereocenters. The Kier molecular flexibility index (Phi) is 3.77. The van der Waals surface area contributed by atoms with Crippen molar-refractivity contribution in [3.05, 3.63) is 59.4 Å². The molecular weight excluding hydrogens is 316 g/mol. The first kappa shape index (κ1) is 15.2. The van der Waals surface area contributed by atoms with E-state index >= 15 is 0 Å². The van der Waals surface area contributed by atoms with Crippen molar-refractivity contribution in [2.45, 2.75) is 27.3 Å². The van der Waals surface area contributed by atoms with Crippen LogP contribution in [0.15, 0.2) is 54.4 Å². The summed E-state index contributed by atoms with van der Waals surface area (Å²) in [5, 5.41) is 1.26. The fraction of sp³-hybridized carbons (Fsp3) is 0.250. The average Bonchev–Trinajstić information content (AvgIpc) is 3.18. The van der Waals surface area contributed by atoms with Gasteiger partial charge in [-0.3, -0.25) is 0 Å². The number of thiazole rings is 1. The smallest absolute Gasteiger partial charge is 0.271 e. The molecule has 24 heavy (non-hydrogen) atoms. The Morgan fingerprint density at radius 2 is 1.83 bits per heavy atom. The van der Waals surface area contributed by atoms with Crippen LogP contribution in [0.1, 0.15) is 25.8 Å². The molecule has 3 aromatic rings. The average molecular weight is 337 g/mol. The number of para-hydroxylation sites is 3. The monoisotopic (exact) mass is 337 g/mol. The second-order valence-corrected chi connectivity index (χ2v) is 6.89. The standard InChI is InChI=1S/C20H21N2OS/c1-4-21-15-10-6-8-12-17(15)23-19(21)14(3)20-22(5-2)16-11-7-9-13-18(16)24-20/h6-13H,4-5H2,1-3H3/q+1. The molecule has 3 nitrogen and oxygen atoms in total. The first-order valence-corrected chi connectivity index (χ1v) is 9.23. The van der Waals surface area contributed by atoms with Crippen LogP contribution in [0.2, 0.25) is 0 Å². The predicted molar refractivity (Wildman–Crippen MR) is 100 cm³/mol. The molecule has 0 N–H and O–H groups in total. The van der Waals surface area contributed by atoms with Gasteiger partial charge in [0, 0.05) is 12.6 Å². The number of ether oxygens (including phenoxy) is 1. The first-order valence-electron chi connectivity index (χ1n) is 8.41. The lowest BCUT2D eigenvalue weighted by Gasteiger charge is -2.16. The molecule has 1 aliphatic rings. The van der Waals surface area contributed by atoms with Crippen molar-refractivity contribution in [3.63, 3.8) is 0 Å². The molecule has 0 fully saturated rings. The summed E-state index contributed by atoms with van der Waals surface area (Å²) in [6, 6.07) is 16.8. The van der Waals surface area contributed by atoms with Gasteiger partial charge in [0.1, 0.15) is 11.2 Å². The zero-order chi connectivity index (χ0) is 16.7. The fourth-order valence-corrected chi connectivity index (χ4v) is 4.56. The van der Waals surface area contributed by atoms with Crippen molar-refractivity contribution in [1.29, 1.82) is 0 Å². The van der Waals surface area contributed by atoms with E-state index < -0.39 is 0 Å². The van der Waals surface area contributed by atoms with Crippen LogP contribution in [-0.4, -0.2) is 6.54 Å². The molecule has 0 amide bonds. The van der Waals surface area contributed by atoms with Crippen molar-refractivity contribution >= 4 is 32.8 Å². The normalized spacial score (nSPS) is 15.5. The van der Waals surface area contributed by atoms with E-state index in [0.717, 1.165) is 30.4 Å². The fourth-order valence-electron chi connectivity index (χ4n) is 3.35. The van der Waals surface area contributed by atoms with Crippen LogP contribution in [0.4, 0.5) is 5.69 Å². The van der Waals surface area contributed by atoms with E-state index in [9.17, 15) is 0 Å². The van der Waals surface area contributed by atoms with Crippen molar-refractivity contribution < 1.29 is 9.30 Å². The van der Waals surface area contributed by atoms with E-state index in [0.29, 0.717) is 0 Å². The molecule has 1 aliphatic heterocycles. The minimum Gasteiger partial charge on any atom is -0.438 e. The van der Waals surface area contributed by atoms with Gasteiger partial charge in [-0.2, -0.15) is 4.57 Å². The summed E-state index contributed by atoms with van der Waals surface area (Å²) in [6.45, 7) is 8.37. The maximum absolute atomic E-state index is 6.22. The van der Waals surface area contributed by atoms with E-state index in [-0.39, 0.29) is 0 Å². The first-order chi connectivity index (χ1) is 11.7. The lowest BCUT2D eigenvalue weighted by Crippen LogP contribution is -2.35. The van der Waals surface area contributed by atoms with Gasteiger partial charge in [-0.05, 0) is 39.0 Å². The highest BCUT2D eigenvalue weighted by molar-refractivity contribution is 7.19. The highest BCUT2D eigenvalue weighted by Gasteiger charge is 2.31. The van der Waals surface area contributed by atoms with E-state index in [1.165, 1.54) is 20.8 Å². The molecular formula is C20H21N2OS+. The molecule has 2 heterocycles. The molecule has 1 aromatic heterocycles. The quantitative estimate of drug-likeness (QED) is 0.637. The number of fused-ring (bicyclic) bond motifs is 2. The van der Waals surface area contributed by atoms with Crippen molar-refractivity contribution in [2.75, 3.05) is 11.4 Å². The summed E-state index contributed by atoms with van der Waals surface area (Å²) in [7, 11) is 0. The number of nitrogens with zero attached hydrogens (tertiary/aromatic N) is 2. The number of rotatable bonds is 3. The van der Waals surface area contributed by atoms with Crippen LogP contribution < -0.4 is 14.2 Å². The van der Waals surface area contributed by atoms with Gasteiger partial charge in [0.15, 0.2) is 5.75 Å². The lowest BCUT2D eigenvalue weighted by molar-refractivity contribution is -0.665. The zero-order valence-corrected chi connectivity index (χ0v) is 15.1. The Morgan fingerprint density at radius 3 is 2.62 bits per heavy atom. The lowest BCUT2D eigenvalue weighted by atomic mass is 10.2. The molecule has 0 atom stereocenters. The minimum atomic E-state index is 0.890. The summed E-state index contributed by atoms with van der Waals surface area (Å²) < 4.78 is 9.91. The van der Waals surface area contributed by atoms with E-state index in [1.54, 1.807) is 0 Å². The van der Waals surface area contributed by atoms with Crippen LogP contribution in [0.5, 0.6) is 5.75 Å². The van der Waals surface area contributed by atoms with Crippen molar-refractivity contribution in [3.8, 4) is 5.75 Å². The maximum Gasteiger partial charge on any atom is 0.271 e. The third-order valence-corrected chi connectivity index (χ3v) is 5.77. The van der Waals surface area contributed by atoms with Gasteiger partial charge in [-0.1, -0.05) is 35.6 Å². The predicted octanol–water partition coefficient (Wildman–Crippen LogP) is 4.82. The van der Waals surface area contributed by atoms with Crippen LogP contribution in [0.3, 0.4) is 0 Å². The number of anilines is 1. The number of allylic oxidation sites excluding steroid dienone is 1. The van der Waals surface area contributed by atoms with Gasteiger partial charge < -0.3 is 9.64 Å². The SMILES string of the molecule is CCN1/C(=C(\C)c2sc3ccccc3[n+]2CC)Oc2ccccc21. The highest BCUT2D eigenvalue weighted by Crippen LogP contribution is 2.41. The van der Waals surface area contributed by atoms with Gasteiger partial charge >= 0.3 is 0 Å². The van der Waals surface area contributed by atoms with Gasteiger partial charge in [0.2, 0.25) is 11.4 Å². The Morgan fingerprint density at radius 1 is 1.08 bits per heavy atom. The van der Waals surface area contributed by atoms with Crippen LogP contribution in [0.25, 0.3) is 15.8 Å². The Labute approximate surface area is 146 Å². The van der Waals surface area contributed by atoms with Crippen molar-refractivity contribution in [1.82, 2.24) is 0 Å². The van der Waals surface area contributed by atoms with Crippen LogP contribution >= 0.6 is 11.3 Å². The third-order valence-electron chi connectivity index (χ3n) is 4.49. The second-order valence-electron chi connectivity index (χ2n) is 5.86. The number of aryl methyl sites for hydroxylation is 1. The maximum atomic E-state index is 6.22. The number of hydrogen-bond donors (Lipinski definition) is 0. The summed E-state index contributed by atoms with van der Waals surface area (Å²) in [4.78, 5) is 2.26. The topological polar surface area (TPSA) is 16.4 Å². The second kappa shape index (κ2) is 5.95. The van der Waals surface area contributed by atoms with Gasteiger partial charge in [0.25, 0.3) is 5.01 Å². The summed E-state index contributed by atoms with van der Waals surface area (Å²) >= 11 is 1.83. The highest BCUT2D eigenvalue weighted by atomic mass is 32.1. The molecule has 4 rings (SSSR count). The van der Waals surface area contributed by atoms with E-state index in [2.05, 4.69) is 66.6 Å². The van der Waals surface area contributed by atoms with Gasteiger partial charge in [0.05, 0.1) is 11.3 Å². The van der Waals surface area contributed by atoms with Crippen LogP contribution in [-0.2, 0) is 6.54 Å². The molecule has 4 heteroatoms. The minimum absolute atomic E-state index is 0.890. The van der Waals surface area contributed by atoms with Crippen molar-refractivity contribution in [2.24, 2.45) is 0 Å². The number of benzene rings is 2. The molecule has 0 spiro atoms. The van der Waals surface area contributed by atoms with Crippen LogP contribution in [0, 0.1) is 0 Å². The van der Waals surface area contributed by atoms with Gasteiger partial charge in [-0.25, -0.2) is 0 Å².